The summed E-state index contributed by atoms with van der Waals surface area (Å²) in [5.74, 6) is 0.884. The Morgan fingerprint density at radius 1 is 1.08 bits per heavy atom. The summed E-state index contributed by atoms with van der Waals surface area (Å²) in [5, 5.41) is 21.3. The van der Waals surface area contributed by atoms with E-state index in [4.69, 9.17) is 4.74 Å². The Labute approximate surface area is 218 Å². The summed E-state index contributed by atoms with van der Waals surface area (Å²) in [6, 6.07) is 14.2. The smallest absolute Gasteiger partial charge is 0.342 e. The van der Waals surface area contributed by atoms with Crippen molar-refractivity contribution in [1.82, 2.24) is 15.1 Å². The van der Waals surface area contributed by atoms with Gasteiger partial charge in [-0.05, 0) is 61.6 Å². The number of carbonyl (C=O) groups is 2. The molecule has 4 rings (SSSR count). The van der Waals surface area contributed by atoms with Crippen LogP contribution in [0.5, 0.6) is 11.5 Å². The highest BCUT2D eigenvalue weighted by Crippen LogP contribution is 2.38. The lowest BCUT2D eigenvalue weighted by Gasteiger charge is -2.13. The lowest BCUT2D eigenvalue weighted by molar-refractivity contribution is -0.120. The van der Waals surface area contributed by atoms with Gasteiger partial charge in [0.05, 0.1) is 18.5 Å². The van der Waals surface area contributed by atoms with E-state index in [2.05, 4.69) is 15.7 Å². The molecule has 0 spiro atoms. The molecule has 0 aliphatic heterocycles. The number of amides is 2. The van der Waals surface area contributed by atoms with Crippen LogP contribution in [-0.4, -0.2) is 33.9 Å². The van der Waals surface area contributed by atoms with Gasteiger partial charge in [0.25, 0.3) is 0 Å². The quantitative estimate of drug-likeness (QED) is 0.329. The van der Waals surface area contributed by atoms with Crippen molar-refractivity contribution < 1.29 is 19.4 Å². The van der Waals surface area contributed by atoms with Crippen LogP contribution in [0.15, 0.2) is 48.5 Å². The molecule has 3 aromatic rings. The van der Waals surface area contributed by atoms with Crippen molar-refractivity contribution in [2.45, 2.75) is 64.8 Å². The van der Waals surface area contributed by atoms with Crippen molar-refractivity contribution in [3.05, 3.63) is 59.8 Å². The van der Waals surface area contributed by atoms with Crippen molar-refractivity contribution in [3.8, 4) is 22.8 Å². The molecule has 8 heteroatoms. The highest BCUT2D eigenvalue weighted by atomic mass is 16.5. The topological polar surface area (TPSA) is 105 Å². The molecule has 3 N–H and O–H groups in total. The molecule has 1 saturated carbocycles. The fourth-order valence-corrected chi connectivity index (χ4v) is 4.93. The normalized spacial score (nSPS) is 13.6. The van der Waals surface area contributed by atoms with Gasteiger partial charge < -0.3 is 20.5 Å². The first kappa shape index (κ1) is 26.3. The third kappa shape index (κ3) is 6.13. The van der Waals surface area contributed by atoms with Gasteiger partial charge in [0.2, 0.25) is 5.91 Å². The summed E-state index contributed by atoms with van der Waals surface area (Å²) in [6.07, 6.45) is 5.76. The van der Waals surface area contributed by atoms with E-state index in [1.807, 2.05) is 44.2 Å². The number of benzene rings is 2. The second-order valence-electron chi connectivity index (χ2n) is 9.59. The third-order valence-electron chi connectivity index (χ3n) is 7.20. The number of hydrogen-bond donors (Lipinski definition) is 3. The molecule has 1 aliphatic carbocycles. The average molecular weight is 505 g/mol. The number of aromatic nitrogens is 2. The number of phenols is 1. The molecule has 1 fully saturated rings. The maximum atomic E-state index is 13.2. The number of rotatable bonds is 9. The highest BCUT2D eigenvalue weighted by molar-refractivity contribution is 5.93. The predicted molar refractivity (Wildman–Crippen MR) is 144 cm³/mol. The molecule has 8 nitrogen and oxygen atoms in total. The fraction of sp³-hybridized carbons (Fsp3) is 0.414. The van der Waals surface area contributed by atoms with Gasteiger partial charge in [0, 0.05) is 35.7 Å². The zero-order valence-corrected chi connectivity index (χ0v) is 21.8. The maximum Gasteiger partial charge on any atom is 0.342 e. The van der Waals surface area contributed by atoms with E-state index < -0.39 is 0 Å². The number of nitrogens with zero attached hydrogens (tertiary/aromatic N) is 2. The minimum Gasteiger partial charge on any atom is -0.507 e. The second kappa shape index (κ2) is 12.0. The largest absolute Gasteiger partial charge is 0.507 e. The molecule has 1 aliphatic rings. The monoisotopic (exact) mass is 504 g/mol. The molecule has 0 atom stereocenters. The van der Waals surface area contributed by atoms with Gasteiger partial charge in [-0.15, -0.1) is 0 Å². The third-order valence-corrected chi connectivity index (χ3v) is 7.20. The Kier molecular flexibility index (Phi) is 8.48. The van der Waals surface area contributed by atoms with Crippen LogP contribution < -0.4 is 15.4 Å². The van der Waals surface area contributed by atoms with Crippen LogP contribution in [0.25, 0.3) is 11.3 Å². The second-order valence-corrected chi connectivity index (χ2v) is 9.59. The van der Waals surface area contributed by atoms with Crippen molar-refractivity contribution in [1.29, 1.82) is 0 Å². The number of ether oxygens (including phenoxy) is 1. The summed E-state index contributed by atoms with van der Waals surface area (Å²) < 4.78 is 6.64. The van der Waals surface area contributed by atoms with E-state index in [9.17, 15) is 14.7 Å². The van der Waals surface area contributed by atoms with E-state index >= 15 is 0 Å². The van der Waals surface area contributed by atoms with E-state index in [1.165, 1.54) is 10.7 Å². The Hall–Kier alpha value is -3.81. The number of aromatic hydroxyl groups is 1. The average Bonchev–Trinajstić information content (AvgIpc) is 3.59. The van der Waals surface area contributed by atoms with E-state index in [0.717, 1.165) is 55.5 Å². The van der Waals surface area contributed by atoms with Gasteiger partial charge in [0.1, 0.15) is 11.5 Å². The highest BCUT2D eigenvalue weighted by Gasteiger charge is 2.26. The van der Waals surface area contributed by atoms with Crippen LogP contribution in [0.3, 0.4) is 0 Å². The zero-order valence-electron chi connectivity index (χ0n) is 21.8. The lowest BCUT2D eigenvalue weighted by atomic mass is 10.0. The summed E-state index contributed by atoms with van der Waals surface area (Å²) in [5.41, 5.74) is 3.38. The summed E-state index contributed by atoms with van der Waals surface area (Å²) >= 11 is 0. The molecule has 0 unspecified atom stereocenters. The van der Waals surface area contributed by atoms with Crippen LogP contribution >= 0.6 is 0 Å². The van der Waals surface area contributed by atoms with Crippen LogP contribution in [-0.2, 0) is 11.3 Å². The standard InChI is InChI=1S/C29H36N4O4/c1-4-20(5-2)28(35)31-22-12-15-24(27(34)16-22)25-17-26(21-8-6-7-9-21)33(32-25)29(36)30-18-19-10-13-23(37-3)14-11-19/h10-17,20-21,34H,4-9,18H2,1-3H3,(H,30,36)(H,31,35). The Bertz CT molecular complexity index is 1230. The molecule has 0 radical (unpaired) electrons. The van der Waals surface area contributed by atoms with Gasteiger partial charge in [-0.3, -0.25) is 4.79 Å². The fourth-order valence-electron chi connectivity index (χ4n) is 4.93. The maximum absolute atomic E-state index is 13.2. The molecule has 1 aromatic heterocycles. The van der Waals surface area contributed by atoms with Crippen molar-refractivity contribution in [2.24, 2.45) is 5.92 Å². The molecule has 37 heavy (non-hydrogen) atoms. The van der Waals surface area contributed by atoms with Crippen molar-refractivity contribution >= 4 is 17.6 Å². The van der Waals surface area contributed by atoms with Gasteiger partial charge in [0.15, 0.2) is 0 Å². The summed E-state index contributed by atoms with van der Waals surface area (Å²) in [6.45, 7) is 4.33. The molecule has 2 aromatic carbocycles. The van der Waals surface area contributed by atoms with Gasteiger partial charge in [-0.2, -0.15) is 9.78 Å². The van der Waals surface area contributed by atoms with Crippen molar-refractivity contribution in [3.63, 3.8) is 0 Å². The first-order valence-corrected chi connectivity index (χ1v) is 13.1. The molecule has 196 valence electrons. The first-order valence-electron chi connectivity index (χ1n) is 13.1. The molecule has 0 bridgehead atoms. The number of carbonyl (C=O) groups excluding carboxylic acids is 2. The summed E-state index contributed by atoms with van der Waals surface area (Å²) in [4.78, 5) is 25.6. The number of hydrogen-bond acceptors (Lipinski definition) is 5. The van der Waals surface area contributed by atoms with Crippen molar-refractivity contribution in [2.75, 3.05) is 12.4 Å². The zero-order chi connectivity index (χ0) is 26.4. The van der Waals surface area contributed by atoms with Gasteiger partial charge in [-0.25, -0.2) is 4.79 Å². The van der Waals surface area contributed by atoms with Gasteiger partial charge in [-0.1, -0.05) is 38.8 Å². The molecule has 0 saturated heterocycles. The van der Waals surface area contributed by atoms with Gasteiger partial charge >= 0.3 is 6.03 Å². The number of nitrogens with one attached hydrogen (secondary N) is 2. The van der Waals surface area contributed by atoms with Crippen LogP contribution in [0.2, 0.25) is 0 Å². The number of methoxy groups -OCH3 is 1. The van der Waals surface area contributed by atoms with Crippen LogP contribution in [0.4, 0.5) is 10.5 Å². The van der Waals surface area contributed by atoms with E-state index in [1.54, 1.807) is 19.2 Å². The minimum atomic E-state index is -0.308. The Morgan fingerprint density at radius 3 is 2.41 bits per heavy atom. The molecular weight excluding hydrogens is 468 g/mol. The molecule has 1 heterocycles. The first-order chi connectivity index (χ1) is 17.9. The SMILES string of the molecule is CCC(CC)C(=O)Nc1ccc(-c2cc(C3CCCC3)n(C(=O)NCc3ccc(OC)cc3)n2)c(O)c1. The summed E-state index contributed by atoms with van der Waals surface area (Å²) in [7, 11) is 1.62. The predicted octanol–water partition coefficient (Wildman–Crippen LogP) is 6.05. The Morgan fingerprint density at radius 2 is 1.78 bits per heavy atom. The minimum absolute atomic E-state index is 0.00334. The number of anilines is 1. The van der Waals surface area contributed by atoms with E-state index in [-0.39, 0.29) is 29.5 Å². The number of phenolic OH excluding ortho intramolecular Hbond substituents is 1. The lowest BCUT2D eigenvalue weighted by Crippen LogP contribution is -2.30. The van der Waals surface area contributed by atoms with Crippen LogP contribution in [0.1, 0.15) is 69.5 Å². The molecular formula is C29H36N4O4. The van der Waals surface area contributed by atoms with Crippen LogP contribution in [0, 0.1) is 5.92 Å². The van der Waals surface area contributed by atoms with E-state index in [0.29, 0.717) is 23.5 Å². The molecule has 2 amide bonds. The Balaban J connectivity index is 1.55.